The number of rotatable bonds is 2. The molecule has 0 atom stereocenters. The first-order valence-electron chi connectivity index (χ1n) is 5.32. The second-order valence-corrected chi connectivity index (χ2v) is 6.76. The first kappa shape index (κ1) is 12.9. The van der Waals surface area contributed by atoms with Gasteiger partial charge in [-0.3, -0.25) is 9.08 Å². The summed E-state index contributed by atoms with van der Waals surface area (Å²) in [6.07, 6.45) is 2.58. The minimum atomic E-state index is -3.30. The minimum Gasteiger partial charge on any atom is -0.298 e. The lowest BCUT2D eigenvalue weighted by atomic mass is 10.00. The van der Waals surface area contributed by atoms with Gasteiger partial charge in [0.25, 0.3) is 10.1 Å². The number of hydrogen-bond acceptors (Lipinski definition) is 4. The van der Waals surface area contributed by atoms with Crippen LogP contribution in [0.25, 0.3) is 0 Å². The van der Waals surface area contributed by atoms with Gasteiger partial charge in [0.2, 0.25) is 0 Å². The van der Waals surface area contributed by atoms with Crippen molar-refractivity contribution in [1.29, 1.82) is 0 Å². The van der Waals surface area contributed by atoms with E-state index in [2.05, 4.69) is 25.7 Å². The fourth-order valence-electron chi connectivity index (χ4n) is 1.87. The Morgan fingerprint density at radius 2 is 1.67 bits per heavy atom. The summed E-state index contributed by atoms with van der Waals surface area (Å²) in [7, 11) is -3.30. The quantitative estimate of drug-likeness (QED) is 0.675. The average molecular weight is 235 g/mol. The first-order valence-corrected chi connectivity index (χ1v) is 7.13. The molecule has 1 fully saturated rings. The van der Waals surface area contributed by atoms with Crippen molar-refractivity contribution in [3.63, 3.8) is 0 Å². The van der Waals surface area contributed by atoms with Gasteiger partial charge < -0.3 is 0 Å². The van der Waals surface area contributed by atoms with E-state index < -0.39 is 10.1 Å². The molecule has 1 heterocycles. The summed E-state index contributed by atoms with van der Waals surface area (Å²) in [6.45, 7) is 8.33. The van der Waals surface area contributed by atoms with Gasteiger partial charge >= 0.3 is 0 Å². The predicted octanol–water partition coefficient (Wildman–Crippen LogP) is 1.23. The lowest BCUT2D eigenvalue weighted by Crippen LogP contribution is -2.47. The van der Waals surface area contributed by atoms with E-state index in [1.165, 1.54) is 0 Å². The van der Waals surface area contributed by atoms with Crippen LogP contribution in [0, 0.1) is 0 Å². The number of likely N-dealkylation sites (tertiary alicyclic amines) is 1. The van der Waals surface area contributed by atoms with Crippen molar-refractivity contribution in [3.05, 3.63) is 0 Å². The summed E-state index contributed by atoms with van der Waals surface area (Å²) in [6, 6.07) is 0. The Kier molecular flexibility index (Phi) is 3.79. The summed E-state index contributed by atoms with van der Waals surface area (Å²) in [5.74, 6) is 0. The van der Waals surface area contributed by atoms with E-state index in [1.807, 2.05) is 0 Å². The minimum absolute atomic E-state index is 0.126. The van der Waals surface area contributed by atoms with Crippen LogP contribution in [0.15, 0.2) is 0 Å². The highest BCUT2D eigenvalue weighted by Crippen LogP contribution is 2.22. The standard InChI is InChI=1S/C10H21NO3S/c1-10(2,3)11-7-5-9(6-8-11)14-15(4,12)13/h9H,5-8H2,1-4H3. The van der Waals surface area contributed by atoms with Crippen LogP contribution in [0.3, 0.4) is 0 Å². The lowest BCUT2D eigenvalue weighted by molar-refractivity contribution is 0.0525. The van der Waals surface area contributed by atoms with Gasteiger partial charge in [0.15, 0.2) is 0 Å². The van der Waals surface area contributed by atoms with Crippen molar-refractivity contribution in [3.8, 4) is 0 Å². The van der Waals surface area contributed by atoms with E-state index in [-0.39, 0.29) is 11.6 Å². The molecule has 0 aromatic heterocycles. The zero-order valence-electron chi connectivity index (χ0n) is 9.99. The van der Waals surface area contributed by atoms with Crippen molar-refractivity contribution < 1.29 is 12.6 Å². The van der Waals surface area contributed by atoms with Crippen molar-refractivity contribution in [2.24, 2.45) is 0 Å². The van der Waals surface area contributed by atoms with E-state index in [1.54, 1.807) is 0 Å². The molecule has 0 aromatic rings. The van der Waals surface area contributed by atoms with Gasteiger partial charge in [-0.15, -0.1) is 0 Å². The zero-order chi connectivity index (χ0) is 11.7. The van der Waals surface area contributed by atoms with E-state index in [9.17, 15) is 8.42 Å². The van der Waals surface area contributed by atoms with Gasteiger partial charge in [0.1, 0.15) is 0 Å². The summed E-state index contributed by atoms with van der Waals surface area (Å²) < 4.78 is 26.9. The molecule has 0 unspecified atom stereocenters. The van der Waals surface area contributed by atoms with E-state index in [0.29, 0.717) is 0 Å². The second-order valence-electron chi connectivity index (χ2n) is 5.16. The van der Waals surface area contributed by atoms with Crippen molar-refractivity contribution in [2.75, 3.05) is 19.3 Å². The van der Waals surface area contributed by atoms with E-state index >= 15 is 0 Å². The Morgan fingerprint density at radius 3 is 2.00 bits per heavy atom. The molecule has 0 aromatic carbocycles. The van der Waals surface area contributed by atoms with Crippen molar-refractivity contribution >= 4 is 10.1 Å². The SMILES string of the molecule is CC(C)(C)N1CCC(OS(C)(=O)=O)CC1. The van der Waals surface area contributed by atoms with Crippen molar-refractivity contribution in [1.82, 2.24) is 4.90 Å². The lowest BCUT2D eigenvalue weighted by Gasteiger charge is -2.40. The molecular weight excluding hydrogens is 214 g/mol. The highest BCUT2D eigenvalue weighted by molar-refractivity contribution is 7.86. The Balaban J connectivity index is 2.43. The molecule has 0 amide bonds. The third-order valence-corrected chi connectivity index (χ3v) is 3.32. The van der Waals surface area contributed by atoms with Crippen LogP contribution >= 0.6 is 0 Å². The molecule has 1 rings (SSSR count). The van der Waals surface area contributed by atoms with Crippen LogP contribution in [0.2, 0.25) is 0 Å². The Labute approximate surface area is 92.7 Å². The summed E-state index contributed by atoms with van der Waals surface area (Å²) in [5.41, 5.74) is 0.163. The molecule has 0 saturated carbocycles. The molecule has 1 aliphatic rings. The van der Waals surface area contributed by atoms with Gasteiger partial charge in [-0.25, -0.2) is 0 Å². The third kappa shape index (κ3) is 4.49. The zero-order valence-corrected chi connectivity index (χ0v) is 10.8. The largest absolute Gasteiger partial charge is 0.298 e. The summed E-state index contributed by atoms with van der Waals surface area (Å²) in [4.78, 5) is 2.36. The topological polar surface area (TPSA) is 46.6 Å². The highest BCUT2D eigenvalue weighted by Gasteiger charge is 2.28. The summed E-state index contributed by atoms with van der Waals surface area (Å²) >= 11 is 0. The van der Waals surface area contributed by atoms with Crippen LogP contribution in [0.1, 0.15) is 33.6 Å². The highest BCUT2D eigenvalue weighted by atomic mass is 32.2. The molecule has 1 saturated heterocycles. The fraction of sp³-hybridized carbons (Fsp3) is 1.00. The molecule has 4 nitrogen and oxygen atoms in total. The monoisotopic (exact) mass is 235 g/mol. The fourth-order valence-corrected chi connectivity index (χ4v) is 2.56. The number of nitrogens with zero attached hydrogens (tertiary/aromatic N) is 1. The molecule has 0 aliphatic carbocycles. The van der Waals surface area contributed by atoms with Gasteiger partial charge in [-0.05, 0) is 33.6 Å². The number of hydrogen-bond donors (Lipinski definition) is 0. The van der Waals surface area contributed by atoms with Gasteiger partial charge in [-0.2, -0.15) is 8.42 Å². The van der Waals surface area contributed by atoms with Crippen LogP contribution < -0.4 is 0 Å². The molecule has 90 valence electrons. The molecular formula is C10H21NO3S. The Hall–Kier alpha value is -0.130. The Bertz CT molecular complexity index is 297. The Morgan fingerprint density at radius 1 is 1.20 bits per heavy atom. The van der Waals surface area contributed by atoms with E-state index in [0.717, 1.165) is 32.2 Å². The maximum atomic E-state index is 10.9. The molecule has 0 bridgehead atoms. The number of piperidine rings is 1. The molecule has 1 aliphatic heterocycles. The molecule has 0 radical (unpaired) electrons. The van der Waals surface area contributed by atoms with Crippen LogP contribution in [-0.4, -0.2) is 44.3 Å². The van der Waals surface area contributed by atoms with Gasteiger partial charge in [-0.1, -0.05) is 0 Å². The van der Waals surface area contributed by atoms with Crippen LogP contribution in [0.4, 0.5) is 0 Å². The molecule has 0 spiro atoms. The van der Waals surface area contributed by atoms with Crippen molar-refractivity contribution in [2.45, 2.75) is 45.3 Å². The molecule has 5 heteroatoms. The van der Waals surface area contributed by atoms with Gasteiger partial charge in [0.05, 0.1) is 12.4 Å². The maximum absolute atomic E-state index is 10.9. The van der Waals surface area contributed by atoms with E-state index in [4.69, 9.17) is 4.18 Å². The predicted molar refractivity (Wildman–Crippen MR) is 60.3 cm³/mol. The molecule has 15 heavy (non-hydrogen) atoms. The van der Waals surface area contributed by atoms with Crippen LogP contribution in [-0.2, 0) is 14.3 Å². The van der Waals surface area contributed by atoms with Gasteiger partial charge in [0, 0.05) is 18.6 Å². The third-order valence-electron chi connectivity index (χ3n) is 2.70. The summed E-state index contributed by atoms with van der Waals surface area (Å²) in [5, 5.41) is 0. The maximum Gasteiger partial charge on any atom is 0.264 e. The van der Waals surface area contributed by atoms with Crippen LogP contribution in [0.5, 0.6) is 0 Å². The smallest absolute Gasteiger partial charge is 0.264 e. The first-order chi connectivity index (χ1) is 6.68. The molecule has 0 N–H and O–H groups in total. The second kappa shape index (κ2) is 4.39. The average Bonchev–Trinajstić information content (AvgIpc) is 2.00. The normalized spacial score (nSPS) is 21.9.